The van der Waals surface area contributed by atoms with Crippen molar-refractivity contribution in [2.24, 2.45) is 5.73 Å². The number of nitrogens with two attached hydrogens (primary N) is 1. The molecule has 0 amide bonds. The summed E-state index contributed by atoms with van der Waals surface area (Å²) in [5.74, 6) is -1.45. The van der Waals surface area contributed by atoms with Crippen LogP contribution in [0.25, 0.3) is 0 Å². The molecule has 0 aliphatic carbocycles. The van der Waals surface area contributed by atoms with Crippen molar-refractivity contribution in [3.8, 4) is 6.07 Å². The van der Waals surface area contributed by atoms with Gasteiger partial charge in [-0.3, -0.25) is 0 Å². The monoisotopic (exact) mass is 172 g/mol. The minimum atomic E-state index is -1.45. The van der Waals surface area contributed by atoms with E-state index in [4.69, 9.17) is 25.2 Å². The van der Waals surface area contributed by atoms with E-state index in [2.05, 4.69) is 0 Å². The van der Waals surface area contributed by atoms with Gasteiger partial charge in [-0.05, 0) is 0 Å². The Balaban J connectivity index is 4.73. The van der Waals surface area contributed by atoms with Crippen molar-refractivity contribution in [3.63, 3.8) is 0 Å². The molecule has 12 heavy (non-hydrogen) atoms. The Morgan fingerprint density at radius 2 is 1.75 bits per heavy atom. The van der Waals surface area contributed by atoms with Crippen LogP contribution in [0.4, 0.5) is 0 Å². The Labute approximate surface area is 71.3 Å². The number of nitrogens with zero attached hydrogens (tertiary/aromatic N) is 1. The predicted molar refractivity (Wildman–Crippen MR) is 41.6 cm³/mol. The van der Waals surface area contributed by atoms with Crippen LogP contribution in [-0.2, 0) is 14.2 Å². The Hall–Kier alpha value is -1.09. The average Bonchev–Trinajstić information content (AvgIpc) is 2.09. The molecule has 0 unspecified atom stereocenters. The van der Waals surface area contributed by atoms with E-state index >= 15 is 0 Å². The van der Waals surface area contributed by atoms with E-state index in [1.807, 2.05) is 0 Å². The first-order valence-electron chi connectivity index (χ1n) is 3.18. The zero-order valence-corrected chi connectivity index (χ0v) is 7.33. The molecular formula is C7H12N2O3. The van der Waals surface area contributed by atoms with Crippen molar-refractivity contribution in [1.29, 1.82) is 5.26 Å². The molecule has 0 aliphatic heterocycles. The maximum Gasteiger partial charge on any atom is 0.327 e. The molecular weight excluding hydrogens is 160 g/mol. The lowest BCUT2D eigenvalue weighted by Gasteiger charge is -2.28. The molecule has 0 bridgehead atoms. The van der Waals surface area contributed by atoms with Crippen LogP contribution in [0.15, 0.2) is 11.8 Å². The van der Waals surface area contributed by atoms with Gasteiger partial charge in [-0.25, -0.2) is 0 Å². The summed E-state index contributed by atoms with van der Waals surface area (Å²) in [6.45, 7) is 0. The second kappa shape index (κ2) is 4.72. The molecule has 2 N–H and O–H groups in total. The van der Waals surface area contributed by atoms with Gasteiger partial charge in [0.05, 0.1) is 6.07 Å². The molecule has 0 radical (unpaired) electrons. The number of rotatable bonds is 4. The molecule has 0 aromatic carbocycles. The molecule has 0 rings (SSSR count). The quantitative estimate of drug-likeness (QED) is 0.475. The summed E-state index contributed by atoms with van der Waals surface area (Å²) in [6.07, 6.45) is 1.09. The number of methoxy groups -OCH3 is 3. The van der Waals surface area contributed by atoms with E-state index in [9.17, 15) is 0 Å². The van der Waals surface area contributed by atoms with Crippen LogP contribution in [0.2, 0.25) is 0 Å². The van der Waals surface area contributed by atoms with Crippen molar-refractivity contribution in [2.45, 2.75) is 5.97 Å². The molecule has 5 heteroatoms. The van der Waals surface area contributed by atoms with Crippen LogP contribution < -0.4 is 5.73 Å². The fourth-order valence-electron chi connectivity index (χ4n) is 0.761. The zero-order valence-electron chi connectivity index (χ0n) is 7.33. The fraction of sp³-hybridized carbons (Fsp3) is 0.571. The Kier molecular flexibility index (Phi) is 4.29. The number of nitriles is 1. The maximum atomic E-state index is 8.31. The SMILES string of the molecule is COC(OC)(OC)/C(N)=C/C#N. The van der Waals surface area contributed by atoms with Crippen LogP contribution in [-0.4, -0.2) is 27.3 Å². The fourth-order valence-corrected chi connectivity index (χ4v) is 0.761. The molecule has 0 aliphatic rings. The minimum Gasteiger partial charge on any atom is -0.395 e. The number of hydrogen-bond donors (Lipinski definition) is 1. The molecule has 0 saturated carbocycles. The van der Waals surface area contributed by atoms with Gasteiger partial charge in [0.2, 0.25) is 0 Å². The highest BCUT2D eigenvalue weighted by Gasteiger charge is 2.33. The normalized spacial score (nSPS) is 12.7. The van der Waals surface area contributed by atoms with Gasteiger partial charge in [0.1, 0.15) is 5.70 Å². The summed E-state index contributed by atoms with van der Waals surface area (Å²) < 4.78 is 14.6. The second-order valence-electron chi connectivity index (χ2n) is 1.90. The van der Waals surface area contributed by atoms with Crippen molar-refractivity contribution in [1.82, 2.24) is 0 Å². The Morgan fingerprint density at radius 3 is 2.00 bits per heavy atom. The van der Waals surface area contributed by atoms with Crippen molar-refractivity contribution >= 4 is 0 Å². The first-order valence-corrected chi connectivity index (χ1v) is 3.18. The second-order valence-corrected chi connectivity index (χ2v) is 1.90. The van der Waals surface area contributed by atoms with Crippen molar-refractivity contribution in [3.05, 3.63) is 11.8 Å². The van der Waals surface area contributed by atoms with Gasteiger partial charge in [0.25, 0.3) is 0 Å². The number of allylic oxidation sites excluding steroid dienone is 1. The lowest BCUT2D eigenvalue weighted by atomic mass is 10.3. The van der Waals surface area contributed by atoms with E-state index in [0.29, 0.717) is 0 Å². The van der Waals surface area contributed by atoms with E-state index in [1.165, 1.54) is 21.3 Å². The van der Waals surface area contributed by atoms with Gasteiger partial charge in [0.15, 0.2) is 0 Å². The van der Waals surface area contributed by atoms with Crippen LogP contribution >= 0.6 is 0 Å². The lowest BCUT2D eigenvalue weighted by molar-refractivity contribution is -0.326. The highest BCUT2D eigenvalue weighted by atomic mass is 16.9. The largest absolute Gasteiger partial charge is 0.395 e. The lowest BCUT2D eigenvalue weighted by Crippen LogP contribution is -2.41. The third-order valence-electron chi connectivity index (χ3n) is 1.38. The molecule has 68 valence electrons. The Bertz CT molecular complexity index is 195. The molecule has 0 heterocycles. The van der Waals surface area contributed by atoms with Gasteiger partial charge in [-0.1, -0.05) is 0 Å². The summed E-state index contributed by atoms with van der Waals surface area (Å²) in [6, 6.07) is 1.75. The summed E-state index contributed by atoms with van der Waals surface area (Å²) in [5.41, 5.74) is 5.53. The van der Waals surface area contributed by atoms with Crippen molar-refractivity contribution < 1.29 is 14.2 Å². The summed E-state index contributed by atoms with van der Waals surface area (Å²) in [5, 5.41) is 8.31. The van der Waals surface area contributed by atoms with Crippen LogP contribution in [0, 0.1) is 11.3 Å². The van der Waals surface area contributed by atoms with Gasteiger partial charge >= 0.3 is 5.97 Å². The summed E-state index contributed by atoms with van der Waals surface area (Å²) >= 11 is 0. The number of ether oxygens (including phenoxy) is 3. The van der Waals surface area contributed by atoms with E-state index < -0.39 is 5.97 Å². The maximum absolute atomic E-state index is 8.31. The standard InChI is InChI=1S/C7H12N2O3/c1-10-7(11-2,12-3)6(9)4-5-8/h4H,9H2,1-3H3/b6-4-. The predicted octanol–water partition coefficient (Wildman–Crippen LogP) is -0.0544. The molecule has 0 aromatic rings. The van der Waals surface area contributed by atoms with E-state index in [-0.39, 0.29) is 5.70 Å². The molecule has 0 fully saturated rings. The van der Waals surface area contributed by atoms with E-state index in [1.54, 1.807) is 6.07 Å². The van der Waals surface area contributed by atoms with Gasteiger partial charge in [-0.2, -0.15) is 5.26 Å². The van der Waals surface area contributed by atoms with Crippen LogP contribution in [0.5, 0.6) is 0 Å². The van der Waals surface area contributed by atoms with Crippen LogP contribution in [0.1, 0.15) is 0 Å². The Morgan fingerprint density at radius 1 is 1.33 bits per heavy atom. The van der Waals surface area contributed by atoms with Gasteiger partial charge in [0, 0.05) is 27.4 Å². The van der Waals surface area contributed by atoms with E-state index in [0.717, 1.165) is 6.08 Å². The first-order chi connectivity index (χ1) is 5.66. The third kappa shape index (κ3) is 1.95. The minimum absolute atomic E-state index is 0.0671. The van der Waals surface area contributed by atoms with Gasteiger partial charge < -0.3 is 19.9 Å². The highest BCUT2D eigenvalue weighted by molar-refractivity contribution is 5.15. The molecule has 0 spiro atoms. The molecule has 0 aromatic heterocycles. The molecule has 5 nitrogen and oxygen atoms in total. The summed E-state index contributed by atoms with van der Waals surface area (Å²) in [7, 11) is 4.10. The van der Waals surface area contributed by atoms with Gasteiger partial charge in [-0.15, -0.1) is 0 Å². The summed E-state index contributed by atoms with van der Waals surface area (Å²) in [4.78, 5) is 0. The smallest absolute Gasteiger partial charge is 0.327 e. The van der Waals surface area contributed by atoms with Crippen molar-refractivity contribution in [2.75, 3.05) is 21.3 Å². The van der Waals surface area contributed by atoms with Crippen LogP contribution in [0.3, 0.4) is 0 Å². The molecule has 0 atom stereocenters. The topological polar surface area (TPSA) is 77.5 Å². The number of hydrogen-bond acceptors (Lipinski definition) is 5. The highest BCUT2D eigenvalue weighted by Crippen LogP contribution is 2.18. The molecule has 0 saturated heterocycles. The zero-order chi connectivity index (χ0) is 9.61. The third-order valence-corrected chi connectivity index (χ3v) is 1.38. The first kappa shape index (κ1) is 10.9. The average molecular weight is 172 g/mol.